The Labute approximate surface area is 578 Å². The van der Waals surface area contributed by atoms with Gasteiger partial charge in [0.05, 0.1) is 319 Å². The molecule has 1 aliphatic heterocycles. The number of methoxy groups -OCH3 is 1. The molecule has 2 amide bonds. The summed E-state index contributed by atoms with van der Waals surface area (Å²) in [4.78, 5) is 43.1. The Bertz CT molecular complexity index is 2080. The molecule has 0 spiro atoms. The van der Waals surface area contributed by atoms with Crippen LogP contribution in [-0.2, 0) is 123 Å². The van der Waals surface area contributed by atoms with Crippen LogP contribution in [0.1, 0.15) is 43.5 Å². The van der Waals surface area contributed by atoms with Crippen molar-refractivity contribution in [3.8, 4) is 10.4 Å². The van der Waals surface area contributed by atoms with Gasteiger partial charge in [0.1, 0.15) is 6.10 Å². The van der Waals surface area contributed by atoms with Gasteiger partial charge in [0, 0.05) is 33.0 Å². The van der Waals surface area contributed by atoms with E-state index in [-0.39, 0.29) is 30.7 Å². The van der Waals surface area contributed by atoms with E-state index >= 15 is 0 Å². The van der Waals surface area contributed by atoms with E-state index in [1.807, 2.05) is 43.6 Å². The average molecular weight is 1410 g/mol. The highest BCUT2D eigenvalue weighted by Crippen LogP contribution is 2.28. The van der Waals surface area contributed by atoms with Crippen molar-refractivity contribution in [2.24, 2.45) is 0 Å². The molecule has 3 N–H and O–H groups in total. The number of ether oxygens (including phenoxy) is 23. The molecule has 31 heteroatoms. The molecule has 1 aromatic carbocycles. The van der Waals surface area contributed by atoms with E-state index in [1.165, 1.54) is 0 Å². The molecule has 2 aromatic rings. The maximum absolute atomic E-state index is 13.0. The standard InChI is InChI=1S/C66H116N4O26S/c1-57(59-4-6-60(7-5-59)65-58(2)69-56-97-65)70-66(73)62-54-61(55-68-62)96-64(72)9-8-63(71)67-10-11-75-14-15-77-18-19-79-22-23-81-26-27-83-30-31-85-34-35-87-38-39-89-42-43-91-46-47-93-50-51-95-53-52-94-49-48-92-45-44-90-41-40-88-37-36-86-33-32-84-29-28-82-25-24-80-21-20-78-17-16-76-13-12-74-3/h4-7,56-57,61-62,68H,8-55H2,1-3H3,(H,67,71)(H,70,73)/t57-,61?,62?/m0/s1. The molecule has 30 nitrogen and oxygen atoms in total. The van der Waals surface area contributed by atoms with Gasteiger partial charge in [-0.25, -0.2) is 4.98 Å². The van der Waals surface area contributed by atoms with Crippen LogP contribution in [0.3, 0.4) is 0 Å². The van der Waals surface area contributed by atoms with E-state index in [4.69, 9.17) is 109 Å². The van der Waals surface area contributed by atoms with Gasteiger partial charge in [-0.05, 0) is 25.0 Å². The molecular weight excluding hydrogens is 1300 g/mol. The summed E-state index contributed by atoms with van der Waals surface area (Å²) < 4.78 is 126. The Balaban J connectivity index is 0.882. The van der Waals surface area contributed by atoms with Gasteiger partial charge in [-0.1, -0.05) is 24.3 Å². The molecule has 0 bridgehead atoms. The van der Waals surface area contributed by atoms with Crippen LogP contribution in [0.4, 0.5) is 0 Å². The van der Waals surface area contributed by atoms with Gasteiger partial charge in [0.15, 0.2) is 0 Å². The van der Waals surface area contributed by atoms with E-state index in [2.05, 4.69) is 20.9 Å². The highest BCUT2D eigenvalue weighted by atomic mass is 32.1. The van der Waals surface area contributed by atoms with Crippen molar-refractivity contribution >= 4 is 29.1 Å². The van der Waals surface area contributed by atoms with Crippen LogP contribution in [0, 0.1) is 6.92 Å². The quantitative estimate of drug-likeness (QED) is 0.0633. The van der Waals surface area contributed by atoms with Gasteiger partial charge < -0.3 is 125 Å². The van der Waals surface area contributed by atoms with Crippen LogP contribution in [-0.4, -0.2) is 339 Å². The number of esters is 1. The van der Waals surface area contributed by atoms with Crippen LogP contribution >= 0.6 is 11.3 Å². The molecule has 0 radical (unpaired) electrons. The van der Waals surface area contributed by atoms with E-state index in [9.17, 15) is 14.4 Å². The fourth-order valence-electron chi connectivity index (χ4n) is 8.35. The third-order valence-electron chi connectivity index (χ3n) is 13.5. The number of hydrogen-bond acceptors (Lipinski definition) is 29. The Morgan fingerprint density at radius 1 is 0.443 bits per heavy atom. The topological polar surface area (TPSA) is 312 Å². The van der Waals surface area contributed by atoms with Crippen molar-refractivity contribution in [2.45, 2.75) is 51.3 Å². The second-order valence-corrected chi connectivity index (χ2v) is 22.0. The summed E-state index contributed by atoms with van der Waals surface area (Å²) in [5.41, 5.74) is 4.90. The maximum Gasteiger partial charge on any atom is 0.306 e. The molecule has 1 aromatic heterocycles. The van der Waals surface area contributed by atoms with Crippen molar-refractivity contribution in [1.29, 1.82) is 0 Å². The first kappa shape index (κ1) is 87.6. The van der Waals surface area contributed by atoms with Gasteiger partial charge in [-0.3, -0.25) is 14.4 Å². The van der Waals surface area contributed by atoms with Gasteiger partial charge in [0.25, 0.3) is 0 Å². The number of nitrogens with one attached hydrogen (secondary N) is 3. The van der Waals surface area contributed by atoms with Gasteiger partial charge in [-0.2, -0.15) is 0 Å². The van der Waals surface area contributed by atoms with Crippen LogP contribution in [0.15, 0.2) is 29.8 Å². The van der Waals surface area contributed by atoms with Crippen LogP contribution < -0.4 is 16.0 Å². The lowest BCUT2D eigenvalue weighted by Crippen LogP contribution is -2.41. The number of hydrogen-bond donors (Lipinski definition) is 3. The first-order valence-corrected chi connectivity index (χ1v) is 34.9. The van der Waals surface area contributed by atoms with E-state index < -0.39 is 18.1 Å². The maximum atomic E-state index is 13.0. The number of amides is 2. The number of thiazole rings is 1. The first-order chi connectivity index (χ1) is 47.9. The van der Waals surface area contributed by atoms with E-state index in [0.29, 0.717) is 304 Å². The fraction of sp³-hybridized carbons (Fsp3) is 0.818. The number of aromatic nitrogens is 1. The van der Waals surface area contributed by atoms with E-state index in [0.717, 1.165) is 21.7 Å². The highest BCUT2D eigenvalue weighted by molar-refractivity contribution is 7.13. The Morgan fingerprint density at radius 2 is 0.742 bits per heavy atom. The summed E-state index contributed by atoms with van der Waals surface area (Å²) in [6, 6.07) is 7.40. The van der Waals surface area contributed by atoms with E-state index in [1.54, 1.807) is 18.4 Å². The summed E-state index contributed by atoms with van der Waals surface area (Å²) >= 11 is 1.60. The highest BCUT2D eigenvalue weighted by Gasteiger charge is 2.32. The molecule has 1 saturated heterocycles. The fourth-order valence-corrected chi connectivity index (χ4v) is 9.16. The zero-order chi connectivity index (χ0) is 69.0. The minimum absolute atomic E-state index is 0.00721. The number of nitrogens with zero attached hydrogens (tertiary/aromatic N) is 1. The average Bonchev–Trinajstić information content (AvgIpc) is 1.85. The van der Waals surface area contributed by atoms with Crippen molar-refractivity contribution in [1.82, 2.24) is 20.9 Å². The Morgan fingerprint density at radius 3 is 1.03 bits per heavy atom. The molecule has 97 heavy (non-hydrogen) atoms. The lowest BCUT2D eigenvalue weighted by atomic mass is 10.0. The summed E-state index contributed by atoms with van der Waals surface area (Å²) in [7, 11) is 1.64. The third-order valence-corrected chi connectivity index (χ3v) is 14.5. The second-order valence-electron chi connectivity index (χ2n) is 21.1. The molecule has 0 saturated carbocycles. The number of rotatable bonds is 74. The molecule has 0 aliphatic carbocycles. The Kier molecular flexibility index (Phi) is 60.4. The lowest BCUT2D eigenvalue weighted by Gasteiger charge is -2.18. The van der Waals surface area contributed by atoms with Gasteiger partial charge >= 0.3 is 5.97 Å². The molecule has 562 valence electrons. The van der Waals surface area contributed by atoms with Crippen molar-refractivity contribution in [2.75, 3.05) is 304 Å². The number of aryl methyl sites for hydroxylation is 1. The first-order valence-electron chi connectivity index (χ1n) is 34.0. The molecule has 3 rings (SSSR count). The summed E-state index contributed by atoms with van der Waals surface area (Å²) in [5, 5.41) is 8.92. The zero-order valence-electron chi connectivity index (χ0n) is 58.0. The normalized spacial score (nSPS) is 14.2. The minimum atomic E-state index is -0.484. The minimum Gasteiger partial charge on any atom is -0.461 e. The number of carbonyl (C=O) groups excluding carboxylic acids is 3. The van der Waals surface area contributed by atoms with Crippen LogP contribution in [0.2, 0.25) is 0 Å². The molecule has 2 unspecified atom stereocenters. The smallest absolute Gasteiger partial charge is 0.306 e. The Hall–Kier alpha value is -3.66. The van der Waals surface area contributed by atoms with Crippen LogP contribution in [0.25, 0.3) is 10.4 Å². The summed E-state index contributed by atoms with van der Waals surface area (Å²) in [5.74, 6) is -0.919. The summed E-state index contributed by atoms with van der Waals surface area (Å²) in [6.07, 6.45) is -0.160. The number of benzene rings is 1. The molecular formula is C66H116N4O26S. The SMILES string of the molecule is COCCOCCOCCOCCOCCOCCOCCOCCOCCOCCOCCOCCOCCOCCOCCOCCOCCOCCOCCOCCOCCOCCNC(=O)CCC(=O)OC1CNC(C(=O)N[C@@H](C)c2ccc(-c3scnc3C)cc2)C1. The van der Waals surface area contributed by atoms with Crippen molar-refractivity contribution < 1.29 is 123 Å². The molecule has 1 fully saturated rings. The van der Waals surface area contributed by atoms with Crippen LogP contribution in [0.5, 0.6) is 0 Å². The van der Waals surface area contributed by atoms with Crippen molar-refractivity contribution in [3.63, 3.8) is 0 Å². The zero-order valence-corrected chi connectivity index (χ0v) is 58.8. The predicted octanol–water partition coefficient (Wildman–Crippen LogP) is 2.46. The molecule has 2 heterocycles. The largest absolute Gasteiger partial charge is 0.461 e. The monoisotopic (exact) mass is 1410 g/mol. The third kappa shape index (κ3) is 53.8. The predicted molar refractivity (Wildman–Crippen MR) is 356 cm³/mol. The molecule has 1 aliphatic rings. The summed E-state index contributed by atoms with van der Waals surface area (Å²) in [6.45, 7) is 25.0. The second kappa shape index (κ2) is 66.9. The lowest BCUT2D eigenvalue weighted by molar-refractivity contribution is -0.149. The van der Waals surface area contributed by atoms with Crippen molar-refractivity contribution in [3.05, 3.63) is 41.0 Å². The van der Waals surface area contributed by atoms with Gasteiger partial charge in [-0.15, -0.1) is 11.3 Å². The van der Waals surface area contributed by atoms with Gasteiger partial charge in [0.2, 0.25) is 11.8 Å². The molecule has 3 atom stereocenters. The number of carbonyl (C=O) groups is 3.